The minimum Gasteiger partial charge on any atom is -0.481 e. The van der Waals surface area contributed by atoms with Crippen molar-refractivity contribution in [3.63, 3.8) is 0 Å². The molecule has 0 unspecified atom stereocenters. The highest BCUT2D eigenvalue weighted by Gasteiger charge is 2.51. The van der Waals surface area contributed by atoms with Crippen molar-refractivity contribution in [1.82, 2.24) is 14.9 Å². The van der Waals surface area contributed by atoms with Crippen LogP contribution >= 0.6 is 0 Å². The van der Waals surface area contributed by atoms with Gasteiger partial charge < -0.3 is 15.0 Å². The molecular formula is C29H25N3O4. The van der Waals surface area contributed by atoms with Crippen molar-refractivity contribution in [3.05, 3.63) is 94.4 Å². The molecule has 2 saturated carbocycles. The molecule has 36 heavy (non-hydrogen) atoms. The number of fused-ring (bicyclic) bond motifs is 1. The predicted octanol–water partition coefficient (Wildman–Crippen LogP) is 4.31. The first-order valence-corrected chi connectivity index (χ1v) is 12.2. The first-order valence-electron chi connectivity index (χ1n) is 12.2. The van der Waals surface area contributed by atoms with Gasteiger partial charge in [0.15, 0.2) is 0 Å². The molecule has 0 saturated heterocycles. The maximum Gasteiger partial charge on any atom is 0.314 e. The number of carboxylic acid groups (broad SMARTS) is 1. The van der Waals surface area contributed by atoms with E-state index in [0.717, 1.165) is 35.2 Å². The first-order chi connectivity index (χ1) is 17.5. The Morgan fingerprint density at radius 1 is 1.03 bits per heavy atom. The maximum absolute atomic E-state index is 13.1. The maximum atomic E-state index is 13.1. The molecule has 2 aromatic carbocycles. The van der Waals surface area contributed by atoms with Gasteiger partial charge in [0, 0.05) is 24.6 Å². The van der Waals surface area contributed by atoms with Gasteiger partial charge in [-0.15, -0.1) is 0 Å². The number of hydrogen-bond acceptors (Lipinski definition) is 4. The molecule has 180 valence electrons. The second-order valence-corrected chi connectivity index (χ2v) is 9.78. The largest absolute Gasteiger partial charge is 0.481 e. The SMILES string of the molecule is O=C(NCC1CC1)c1cn(-c2cccc(-c3ccc(C4(C(=O)O)CC4)cc3)c2)c2ncccc2c1=O. The standard InChI is InChI=1S/C29H25N3O4/c33-25-23-5-2-14-30-26(23)32(17-24(25)27(34)31-16-18-6-7-18)22-4-1-3-20(15-22)19-8-10-21(11-9-19)29(12-13-29)28(35)36/h1-5,8-11,14-15,17-18H,6-7,12-13,16H2,(H,31,34)(H,35,36). The topological polar surface area (TPSA) is 101 Å². The van der Waals surface area contributed by atoms with Crippen molar-refractivity contribution >= 4 is 22.9 Å². The normalized spacial score (nSPS) is 16.0. The number of benzene rings is 2. The number of carbonyl (C=O) groups is 2. The molecule has 0 radical (unpaired) electrons. The van der Waals surface area contributed by atoms with E-state index in [1.54, 1.807) is 29.1 Å². The molecule has 2 aliphatic carbocycles. The van der Waals surface area contributed by atoms with Gasteiger partial charge in [-0.3, -0.25) is 14.4 Å². The number of carboxylic acids is 1. The fourth-order valence-corrected chi connectivity index (χ4v) is 4.74. The Morgan fingerprint density at radius 3 is 2.50 bits per heavy atom. The number of nitrogens with one attached hydrogen (secondary N) is 1. The van der Waals surface area contributed by atoms with Gasteiger partial charge in [-0.1, -0.05) is 36.4 Å². The summed E-state index contributed by atoms with van der Waals surface area (Å²) in [6.07, 6.45) is 6.75. The number of amides is 1. The van der Waals surface area contributed by atoms with E-state index in [4.69, 9.17) is 0 Å². The van der Waals surface area contributed by atoms with E-state index in [1.807, 2.05) is 48.5 Å². The minimum absolute atomic E-state index is 0.0920. The van der Waals surface area contributed by atoms with Crippen molar-refractivity contribution in [3.8, 4) is 16.8 Å². The van der Waals surface area contributed by atoms with Gasteiger partial charge in [0.2, 0.25) is 5.43 Å². The van der Waals surface area contributed by atoms with Crippen LogP contribution in [0.3, 0.4) is 0 Å². The molecule has 0 aliphatic heterocycles. The van der Waals surface area contributed by atoms with Gasteiger partial charge in [-0.05, 0) is 72.6 Å². The van der Waals surface area contributed by atoms with Crippen LogP contribution in [0.2, 0.25) is 0 Å². The highest BCUT2D eigenvalue weighted by atomic mass is 16.4. The van der Waals surface area contributed by atoms with Crippen LogP contribution in [0.4, 0.5) is 0 Å². The van der Waals surface area contributed by atoms with E-state index in [1.165, 1.54) is 0 Å². The first kappa shape index (κ1) is 22.2. The van der Waals surface area contributed by atoms with E-state index in [2.05, 4.69) is 10.3 Å². The molecular weight excluding hydrogens is 454 g/mol. The third-order valence-electron chi connectivity index (χ3n) is 7.31. The summed E-state index contributed by atoms with van der Waals surface area (Å²) >= 11 is 0. The summed E-state index contributed by atoms with van der Waals surface area (Å²) in [6, 6.07) is 18.8. The Labute approximate surface area is 207 Å². The van der Waals surface area contributed by atoms with Crippen LogP contribution in [0.15, 0.2) is 77.9 Å². The van der Waals surface area contributed by atoms with Gasteiger partial charge in [0.05, 0.1) is 10.8 Å². The van der Waals surface area contributed by atoms with Crippen molar-refractivity contribution in [2.24, 2.45) is 5.92 Å². The summed E-state index contributed by atoms with van der Waals surface area (Å²) in [5.74, 6) is -0.635. The predicted molar refractivity (Wildman–Crippen MR) is 136 cm³/mol. The van der Waals surface area contributed by atoms with Crippen LogP contribution in [0.5, 0.6) is 0 Å². The number of aliphatic carboxylic acids is 1. The smallest absolute Gasteiger partial charge is 0.314 e. The lowest BCUT2D eigenvalue weighted by Crippen LogP contribution is -2.31. The third kappa shape index (κ3) is 3.86. The van der Waals surface area contributed by atoms with Crippen molar-refractivity contribution in [2.75, 3.05) is 6.54 Å². The van der Waals surface area contributed by atoms with Gasteiger partial charge in [0.1, 0.15) is 11.2 Å². The fourth-order valence-electron chi connectivity index (χ4n) is 4.74. The minimum atomic E-state index is -0.771. The van der Waals surface area contributed by atoms with E-state index in [9.17, 15) is 19.5 Å². The van der Waals surface area contributed by atoms with Crippen LogP contribution in [0, 0.1) is 5.92 Å². The van der Waals surface area contributed by atoms with Gasteiger partial charge >= 0.3 is 5.97 Å². The molecule has 6 rings (SSSR count). The van der Waals surface area contributed by atoms with Gasteiger partial charge in [-0.25, -0.2) is 4.98 Å². The number of carbonyl (C=O) groups excluding carboxylic acids is 1. The molecule has 0 atom stereocenters. The highest BCUT2D eigenvalue weighted by molar-refractivity contribution is 5.97. The van der Waals surface area contributed by atoms with Crippen LogP contribution in [-0.4, -0.2) is 33.1 Å². The number of hydrogen-bond donors (Lipinski definition) is 2. The lowest BCUT2D eigenvalue weighted by atomic mass is 9.94. The quantitative estimate of drug-likeness (QED) is 0.411. The second kappa shape index (κ2) is 8.45. The Balaban J connectivity index is 1.39. The van der Waals surface area contributed by atoms with Gasteiger partial charge in [0.25, 0.3) is 5.91 Å². The Kier molecular flexibility index (Phi) is 5.21. The van der Waals surface area contributed by atoms with Gasteiger partial charge in [-0.2, -0.15) is 0 Å². The van der Waals surface area contributed by atoms with Crippen molar-refractivity contribution in [2.45, 2.75) is 31.1 Å². The molecule has 2 aromatic heterocycles. The number of nitrogens with zero attached hydrogens (tertiary/aromatic N) is 2. The van der Waals surface area contributed by atoms with Crippen molar-refractivity contribution < 1.29 is 14.7 Å². The Morgan fingerprint density at radius 2 is 1.81 bits per heavy atom. The molecule has 7 nitrogen and oxygen atoms in total. The lowest BCUT2D eigenvalue weighted by Gasteiger charge is -2.15. The zero-order valence-corrected chi connectivity index (χ0v) is 19.6. The van der Waals surface area contributed by atoms with E-state index < -0.39 is 11.4 Å². The molecule has 2 aliphatic rings. The van der Waals surface area contributed by atoms with E-state index >= 15 is 0 Å². The van der Waals surface area contributed by atoms with E-state index in [0.29, 0.717) is 36.3 Å². The van der Waals surface area contributed by atoms with Crippen LogP contribution in [-0.2, 0) is 10.2 Å². The lowest BCUT2D eigenvalue weighted by molar-refractivity contribution is -0.140. The average Bonchev–Trinajstić information content (AvgIpc) is 3.83. The second-order valence-electron chi connectivity index (χ2n) is 9.78. The summed E-state index contributed by atoms with van der Waals surface area (Å²) in [7, 11) is 0. The summed E-state index contributed by atoms with van der Waals surface area (Å²) in [5, 5.41) is 12.9. The van der Waals surface area contributed by atoms with Crippen LogP contribution < -0.4 is 10.7 Å². The van der Waals surface area contributed by atoms with Crippen LogP contribution in [0.1, 0.15) is 41.6 Å². The molecule has 0 bridgehead atoms. The van der Waals surface area contributed by atoms with Crippen LogP contribution in [0.25, 0.3) is 27.8 Å². The van der Waals surface area contributed by atoms with E-state index in [-0.39, 0.29) is 16.9 Å². The zero-order chi connectivity index (χ0) is 24.9. The summed E-state index contributed by atoms with van der Waals surface area (Å²) in [5.41, 5.74) is 2.97. The molecule has 1 amide bonds. The molecule has 4 aromatic rings. The number of rotatable bonds is 7. The summed E-state index contributed by atoms with van der Waals surface area (Å²) in [4.78, 5) is 42.1. The number of aromatic nitrogens is 2. The highest BCUT2D eigenvalue weighted by Crippen LogP contribution is 2.48. The molecule has 0 spiro atoms. The molecule has 2 heterocycles. The Bertz CT molecular complexity index is 1560. The number of pyridine rings is 2. The molecule has 2 fully saturated rings. The average molecular weight is 480 g/mol. The monoisotopic (exact) mass is 479 g/mol. The Hall–Kier alpha value is -4.26. The fraction of sp³-hybridized carbons (Fsp3) is 0.241. The summed E-state index contributed by atoms with van der Waals surface area (Å²) in [6.45, 7) is 0.581. The zero-order valence-electron chi connectivity index (χ0n) is 19.6. The molecule has 7 heteroatoms. The van der Waals surface area contributed by atoms with Crippen molar-refractivity contribution in [1.29, 1.82) is 0 Å². The third-order valence-corrected chi connectivity index (χ3v) is 7.31. The molecule has 2 N–H and O–H groups in total. The summed E-state index contributed by atoms with van der Waals surface area (Å²) < 4.78 is 1.78.